The van der Waals surface area contributed by atoms with Crippen LogP contribution in [-0.2, 0) is 9.59 Å². The van der Waals surface area contributed by atoms with E-state index in [2.05, 4.69) is 24.1 Å². The molecule has 2 saturated carbocycles. The highest BCUT2D eigenvalue weighted by Gasteiger charge is 2.58. The molecule has 0 saturated heterocycles. The van der Waals surface area contributed by atoms with Crippen LogP contribution in [0.5, 0.6) is 0 Å². The zero-order valence-electron chi connectivity index (χ0n) is 14.9. The first-order chi connectivity index (χ1) is 10.9. The minimum absolute atomic E-state index is 0.00917. The highest BCUT2D eigenvalue weighted by Crippen LogP contribution is 2.54. The zero-order valence-corrected chi connectivity index (χ0v) is 14.9. The number of fused-ring (bicyclic) bond motifs is 1. The molecule has 4 heteroatoms. The van der Waals surface area contributed by atoms with Crippen molar-refractivity contribution in [3.63, 3.8) is 0 Å². The van der Waals surface area contributed by atoms with Crippen LogP contribution in [0.2, 0.25) is 0 Å². The van der Waals surface area contributed by atoms with E-state index in [4.69, 9.17) is 0 Å². The predicted molar refractivity (Wildman–Crippen MR) is 92.8 cm³/mol. The second-order valence-corrected chi connectivity index (χ2v) is 7.51. The van der Waals surface area contributed by atoms with Crippen LogP contribution in [0.15, 0.2) is 12.7 Å². The molecule has 0 aromatic rings. The smallest absolute Gasteiger partial charge is 0.246 e. The first-order valence-electron chi connectivity index (χ1n) is 9.15. The Bertz CT molecular complexity index is 462. The van der Waals surface area contributed by atoms with Gasteiger partial charge in [0, 0.05) is 13.0 Å². The van der Waals surface area contributed by atoms with Gasteiger partial charge in [-0.2, -0.15) is 0 Å². The van der Waals surface area contributed by atoms with E-state index < -0.39 is 5.54 Å². The van der Waals surface area contributed by atoms with Crippen molar-refractivity contribution < 1.29 is 9.59 Å². The summed E-state index contributed by atoms with van der Waals surface area (Å²) >= 11 is 0. The van der Waals surface area contributed by atoms with Gasteiger partial charge in [0.15, 0.2) is 0 Å². The maximum absolute atomic E-state index is 13.1. The molecule has 2 fully saturated rings. The Labute approximate surface area is 140 Å². The summed E-state index contributed by atoms with van der Waals surface area (Å²) in [6, 6.07) is 0.142. The van der Waals surface area contributed by atoms with E-state index in [1.54, 1.807) is 0 Å². The SMILES string of the molecule is C=CC[C@H]1[C@@H]2CCC[C@@H]2C[C@@]1(NC(C)=O)C(=O)NC(C)CCC. The molecular formula is C19H32N2O2. The lowest BCUT2D eigenvalue weighted by Crippen LogP contribution is -2.62. The van der Waals surface area contributed by atoms with Crippen LogP contribution in [-0.4, -0.2) is 23.4 Å². The lowest BCUT2D eigenvalue weighted by atomic mass is 9.78. The van der Waals surface area contributed by atoms with E-state index in [1.165, 1.54) is 26.2 Å². The molecule has 2 aliphatic rings. The number of amides is 2. The maximum atomic E-state index is 13.1. The van der Waals surface area contributed by atoms with E-state index in [9.17, 15) is 9.59 Å². The van der Waals surface area contributed by atoms with Gasteiger partial charge < -0.3 is 10.6 Å². The Morgan fingerprint density at radius 1 is 1.39 bits per heavy atom. The minimum atomic E-state index is -0.752. The fraction of sp³-hybridized carbons (Fsp3) is 0.789. The van der Waals surface area contributed by atoms with Crippen molar-refractivity contribution in [1.82, 2.24) is 10.6 Å². The second-order valence-electron chi connectivity index (χ2n) is 7.51. The molecule has 0 aromatic carbocycles. The molecule has 0 aliphatic heterocycles. The van der Waals surface area contributed by atoms with Gasteiger partial charge in [-0.3, -0.25) is 9.59 Å². The average Bonchev–Trinajstić information content (AvgIpc) is 3.00. The molecular weight excluding hydrogens is 288 g/mol. The molecule has 2 amide bonds. The summed E-state index contributed by atoms with van der Waals surface area (Å²) in [6.45, 7) is 9.57. The second kappa shape index (κ2) is 7.50. The lowest BCUT2D eigenvalue weighted by Gasteiger charge is -2.37. The van der Waals surface area contributed by atoms with Crippen molar-refractivity contribution in [1.29, 1.82) is 0 Å². The van der Waals surface area contributed by atoms with Gasteiger partial charge in [-0.15, -0.1) is 6.58 Å². The van der Waals surface area contributed by atoms with Crippen LogP contribution in [0.1, 0.15) is 65.7 Å². The number of allylic oxidation sites excluding steroid dienone is 1. The zero-order chi connectivity index (χ0) is 17.0. The van der Waals surface area contributed by atoms with Crippen LogP contribution in [0.25, 0.3) is 0 Å². The first-order valence-corrected chi connectivity index (χ1v) is 9.15. The standard InChI is InChI=1S/C19H32N2O2/c1-5-8-13(3)20-18(23)19(21-14(4)22)12-15-10-7-11-16(15)17(19)9-6-2/h6,13,15-17H,2,5,7-12H2,1,3-4H3,(H,20,23)(H,21,22)/t13?,15-,16-,17+,19+/m1/s1. The van der Waals surface area contributed by atoms with Crippen LogP contribution in [0.3, 0.4) is 0 Å². The van der Waals surface area contributed by atoms with Crippen molar-refractivity contribution in [2.45, 2.75) is 77.3 Å². The topological polar surface area (TPSA) is 58.2 Å². The summed E-state index contributed by atoms with van der Waals surface area (Å²) in [6.07, 6.45) is 9.06. The number of nitrogens with one attached hydrogen (secondary N) is 2. The summed E-state index contributed by atoms with van der Waals surface area (Å²) in [5, 5.41) is 6.23. The third kappa shape index (κ3) is 3.61. The number of carbonyl (C=O) groups is 2. The molecule has 23 heavy (non-hydrogen) atoms. The van der Waals surface area contributed by atoms with Gasteiger partial charge in [0.25, 0.3) is 0 Å². The number of hydrogen-bond donors (Lipinski definition) is 2. The predicted octanol–water partition coefficient (Wildman–Crippen LogP) is 3.18. The third-order valence-electron chi connectivity index (χ3n) is 5.78. The van der Waals surface area contributed by atoms with E-state index in [0.29, 0.717) is 11.8 Å². The van der Waals surface area contributed by atoms with Crippen LogP contribution in [0.4, 0.5) is 0 Å². The van der Waals surface area contributed by atoms with E-state index in [-0.39, 0.29) is 23.8 Å². The molecule has 4 nitrogen and oxygen atoms in total. The third-order valence-corrected chi connectivity index (χ3v) is 5.78. The van der Waals surface area contributed by atoms with E-state index in [1.807, 2.05) is 13.0 Å². The Balaban J connectivity index is 2.28. The van der Waals surface area contributed by atoms with Gasteiger partial charge in [-0.1, -0.05) is 32.3 Å². The van der Waals surface area contributed by atoms with Crippen molar-refractivity contribution in [3.8, 4) is 0 Å². The van der Waals surface area contributed by atoms with Gasteiger partial charge in [-0.05, 0) is 50.4 Å². The Morgan fingerprint density at radius 3 is 2.74 bits per heavy atom. The summed E-state index contributed by atoms with van der Waals surface area (Å²) in [7, 11) is 0. The van der Waals surface area contributed by atoms with Crippen LogP contribution in [0, 0.1) is 17.8 Å². The molecule has 0 heterocycles. The van der Waals surface area contributed by atoms with Crippen LogP contribution >= 0.6 is 0 Å². The van der Waals surface area contributed by atoms with Gasteiger partial charge in [0.05, 0.1) is 0 Å². The Kier molecular flexibility index (Phi) is 5.88. The fourth-order valence-electron chi connectivity index (χ4n) is 4.97. The van der Waals surface area contributed by atoms with Gasteiger partial charge >= 0.3 is 0 Å². The quantitative estimate of drug-likeness (QED) is 0.708. The van der Waals surface area contributed by atoms with Crippen molar-refractivity contribution >= 4 is 11.8 Å². The Hall–Kier alpha value is -1.32. The summed E-state index contributed by atoms with van der Waals surface area (Å²) in [5.74, 6) is 1.16. The summed E-state index contributed by atoms with van der Waals surface area (Å²) < 4.78 is 0. The monoisotopic (exact) mass is 320 g/mol. The minimum Gasteiger partial charge on any atom is -0.352 e. The van der Waals surface area contributed by atoms with Gasteiger partial charge in [0.1, 0.15) is 5.54 Å². The van der Waals surface area contributed by atoms with Crippen molar-refractivity contribution in [3.05, 3.63) is 12.7 Å². The Morgan fingerprint density at radius 2 is 2.13 bits per heavy atom. The molecule has 130 valence electrons. The molecule has 2 rings (SSSR count). The molecule has 0 spiro atoms. The maximum Gasteiger partial charge on any atom is 0.246 e. The van der Waals surface area contributed by atoms with Gasteiger partial charge in [0.2, 0.25) is 11.8 Å². The molecule has 2 aliphatic carbocycles. The number of hydrogen-bond acceptors (Lipinski definition) is 2. The first kappa shape index (κ1) is 18.0. The molecule has 1 unspecified atom stereocenters. The van der Waals surface area contributed by atoms with Crippen molar-refractivity contribution in [2.75, 3.05) is 0 Å². The molecule has 5 atom stereocenters. The molecule has 2 N–H and O–H groups in total. The van der Waals surface area contributed by atoms with E-state index in [0.717, 1.165) is 25.7 Å². The molecule has 0 radical (unpaired) electrons. The van der Waals surface area contributed by atoms with Crippen molar-refractivity contribution in [2.24, 2.45) is 17.8 Å². The largest absolute Gasteiger partial charge is 0.352 e. The summed E-state index contributed by atoms with van der Waals surface area (Å²) in [4.78, 5) is 25.0. The van der Waals surface area contributed by atoms with E-state index >= 15 is 0 Å². The molecule has 0 bridgehead atoms. The molecule has 0 aromatic heterocycles. The highest BCUT2D eigenvalue weighted by molar-refractivity contribution is 5.92. The van der Waals surface area contributed by atoms with Crippen LogP contribution < -0.4 is 10.6 Å². The van der Waals surface area contributed by atoms with Gasteiger partial charge in [-0.25, -0.2) is 0 Å². The summed E-state index contributed by atoms with van der Waals surface area (Å²) in [5.41, 5.74) is -0.752. The number of carbonyl (C=O) groups excluding carboxylic acids is 2. The fourth-order valence-corrected chi connectivity index (χ4v) is 4.97. The lowest BCUT2D eigenvalue weighted by molar-refractivity contribution is -0.135. The number of rotatable bonds is 7. The highest BCUT2D eigenvalue weighted by atomic mass is 16.2. The normalized spacial score (nSPS) is 33.8. The average molecular weight is 320 g/mol.